The lowest BCUT2D eigenvalue weighted by Gasteiger charge is -2.23. The number of halogens is 1. The van der Waals surface area contributed by atoms with Gasteiger partial charge in [0.1, 0.15) is 5.75 Å². The van der Waals surface area contributed by atoms with Gasteiger partial charge in [-0.3, -0.25) is 0 Å². The minimum absolute atomic E-state index is 0.619. The molecule has 18 heavy (non-hydrogen) atoms. The highest BCUT2D eigenvalue weighted by Gasteiger charge is 2.17. The summed E-state index contributed by atoms with van der Waals surface area (Å²) in [5.41, 5.74) is 1.40. The molecule has 1 aliphatic carbocycles. The predicted molar refractivity (Wildman–Crippen MR) is 80.6 cm³/mol. The molecular weight excluding hydrogens is 288 g/mol. The maximum Gasteiger partial charge on any atom is 0.118 e. The SMILES string of the molecule is COc1ccc(CC(Br)CC2CCCCC2)cc1. The Morgan fingerprint density at radius 2 is 1.83 bits per heavy atom. The van der Waals surface area contributed by atoms with Crippen LogP contribution in [0.25, 0.3) is 0 Å². The quantitative estimate of drug-likeness (QED) is 0.698. The van der Waals surface area contributed by atoms with E-state index in [1.165, 1.54) is 44.1 Å². The summed E-state index contributed by atoms with van der Waals surface area (Å²) < 4.78 is 5.18. The van der Waals surface area contributed by atoms with Crippen LogP contribution in [0, 0.1) is 5.92 Å². The molecule has 1 fully saturated rings. The summed E-state index contributed by atoms with van der Waals surface area (Å²) in [6.45, 7) is 0. The first-order chi connectivity index (χ1) is 8.78. The van der Waals surface area contributed by atoms with Gasteiger partial charge in [-0.2, -0.15) is 0 Å². The molecule has 0 heterocycles. The largest absolute Gasteiger partial charge is 0.497 e. The van der Waals surface area contributed by atoms with Gasteiger partial charge in [-0.1, -0.05) is 60.2 Å². The molecule has 1 aliphatic rings. The van der Waals surface area contributed by atoms with Crippen molar-refractivity contribution < 1.29 is 4.74 Å². The molecule has 2 rings (SSSR count). The van der Waals surface area contributed by atoms with Crippen molar-refractivity contribution in [2.24, 2.45) is 5.92 Å². The fraction of sp³-hybridized carbons (Fsp3) is 0.625. The van der Waals surface area contributed by atoms with Gasteiger partial charge in [0.05, 0.1) is 7.11 Å². The van der Waals surface area contributed by atoms with Crippen LogP contribution in [0.15, 0.2) is 24.3 Å². The van der Waals surface area contributed by atoms with Crippen molar-refractivity contribution in [1.82, 2.24) is 0 Å². The van der Waals surface area contributed by atoms with Crippen molar-refractivity contribution >= 4 is 15.9 Å². The highest BCUT2D eigenvalue weighted by molar-refractivity contribution is 9.09. The molecule has 2 heteroatoms. The fourth-order valence-corrected chi connectivity index (χ4v) is 3.79. The third kappa shape index (κ3) is 4.31. The zero-order valence-corrected chi connectivity index (χ0v) is 12.8. The third-order valence-corrected chi connectivity index (χ3v) is 4.63. The van der Waals surface area contributed by atoms with Crippen molar-refractivity contribution in [3.05, 3.63) is 29.8 Å². The second-order valence-corrected chi connectivity index (χ2v) is 6.68. The average Bonchev–Trinajstić information content (AvgIpc) is 2.40. The van der Waals surface area contributed by atoms with Crippen LogP contribution in [-0.2, 0) is 6.42 Å². The van der Waals surface area contributed by atoms with E-state index in [0.29, 0.717) is 4.83 Å². The van der Waals surface area contributed by atoms with Crippen molar-refractivity contribution in [1.29, 1.82) is 0 Å². The number of benzene rings is 1. The Balaban J connectivity index is 1.80. The number of methoxy groups -OCH3 is 1. The number of ether oxygens (including phenoxy) is 1. The Morgan fingerprint density at radius 3 is 2.44 bits per heavy atom. The molecule has 0 N–H and O–H groups in total. The number of alkyl halides is 1. The highest BCUT2D eigenvalue weighted by atomic mass is 79.9. The minimum Gasteiger partial charge on any atom is -0.497 e. The summed E-state index contributed by atoms with van der Waals surface area (Å²) in [4.78, 5) is 0.619. The van der Waals surface area contributed by atoms with Crippen LogP contribution in [0.5, 0.6) is 5.75 Å². The van der Waals surface area contributed by atoms with Gasteiger partial charge in [0.2, 0.25) is 0 Å². The van der Waals surface area contributed by atoms with Crippen LogP contribution in [0.4, 0.5) is 0 Å². The molecule has 0 amide bonds. The molecule has 1 aromatic carbocycles. The van der Waals surface area contributed by atoms with Gasteiger partial charge in [0.15, 0.2) is 0 Å². The Bertz CT molecular complexity index is 341. The lowest BCUT2D eigenvalue weighted by atomic mass is 9.85. The van der Waals surface area contributed by atoms with E-state index < -0.39 is 0 Å². The summed E-state index contributed by atoms with van der Waals surface area (Å²) in [5.74, 6) is 1.89. The Hall–Kier alpha value is -0.500. The molecule has 1 unspecified atom stereocenters. The van der Waals surface area contributed by atoms with Crippen LogP contribution in [-0.4, -0.2) is 11.9 Å². The van der Waals surface area contributed by atoms with Gasteiger partial charge in [-0.15, -0.1) is 0 Å². The van der Waals surface area contributed by atoms with E-state index in [1.54, 1.807) is 7.11 Å². The number of rotatable bonds is 5. The first-order valence-corrected chi connectivity index (χ1v) is 7.96. The lowest BCUT2D eigenvalue weighted by molar-refractivity contribution is 0.337. The normalized spacial score (nSPS) is 18.6. The monoisotopic (exact) mass is 310 g/mol. The summed E-state index contributed by atoms with van der Waals surface area (Å²) in [6.07, 6.45) is 9.64. The summed E-state index contributed by atoms with van der Waals surface area (Å²) in [5, 5.41) is 0. The van der Waals surface area contributed by atoms with Crippen LogP contribution in [0.3, 0.4) is 0 Å². The van der Waals surface area contributed by atoms with Crippen LogP contribution in [0.2, 0.25) is 0 Å². The molecule has 0 bridgehead atoms. The average molecular weight is 311 g/mol. The molecule has 0 radical (unpaired) electrons. The number of hydrogen-bond acceptors (Lipinski definition) is 1. The molecule has 1 atom stereocenters. The maximum absolute atomic E-state index is 5.18. The van der Waals surface area contributed by atoms with Crippen LogP contribution in [0.1, 0.15) is 44.1 Å². The smallest absolute Gasteiger partial charge is 0.118 e. The zero-order valence-electron chi connectivity index (χ0n) is 11.2. The predicted octanol–water partition coefficient (Wildman–Crippen LogP) is 4.97. The second-order valence-electron chi connectivity index (χ2n) is 5.39. The molecule has 0 spiro atoms. The molecule has 0 saturated heterocycles. The Morgan fingerprint density at radius 1 is 1.17 bits per heavy atom. The van der Waals surface area contributed by atoms with Gasteiger partial charge < -0.3 is 4.74 Å². The molecule has 0 aliphatic heterocycles. The second kappa shape index (κ2) is 7.18. The fourth-order valence-electron chi connectivity index (χ4n) is 2.89. The molecule has 1 aromatic rings. The third-order valence-electron chi connectivity index (χ3n) is 3.93. The summed E-state index contributed by atoms with van der Waals surface area (Å²) >= 11 is 3.85. The Labute approximate surface area is 119 Å². The lowest BCUT2D eigenvalue weighted by Crippen LogP contribution is -2.13. The van der Waals surface area contributed by atoms with E-state index in [-0.39, 0.29) is 0 Å². The molecule has 100 valence electrons. The van der Waals surface area contributed by atoms with Crippen molar-refractivity contribution in [2.45, 2.75) is 49.8 Å². The molecular formula is C16H23BrO. The van der Waals surface area contributed by atoms with Crippen molar-refractivity contribution in [3.8, 4) is 5.75 Å². The van der Waals surface area contributed by atoms with Crippen LogP contribution < -0.4 is 4.74 Å². The van der Waals surface area contributed by atoms with E-state index in [0.717, 1.165) is 18.1 Å². The standard InChI is InChI=1S/C16H23BrO/c1-18-16-9-7-14(8-10-16)12-15(17)11-13-5-3-2-4-6-13/h7-10,13,15H,2-6,11-12H2,1H3. The molecule has 1 saturated carbocycles. The topological polar surface area (TPSA) is 9.23 Å². The van der Waals surface area contributed by atoms with Gasteiger partial charge >= 0.3 is 0 Å². The molecule has 0 aromatic heterocycles. The summed E-state index contributed by atoms with van der Waals surface area (Å²) in [7, 11) is 1.71. The first kappa shape index (κ1) is 13.9. The van der Waals surface area contributed by atoms with Gasteiger partial charge in [0.25, 0.3) is 0 Å². The van der Waals surface area contributed by atoms with Crippen molar-refractivity contribution in [3.63, 3.8) is 0 Å². The minimum atomic E-state index is 0.619. The Kier molecular flexibility index (Phi) is 5.55. The van der Waals surface area contributed by atoms with E-state index in [2.05, 4.69) is 40.2 Å². The van der Waals surface area contributed by atoms with E-state index in [9.17, 15) is 0 Å². The first-order valence-electron chi connectivity index (χ1n) is 7.05. The van der Waals surface area contributed by atoms with E-state index >= 15 is 0 Å². The summed E-state index contributed by atoms with van der Waals surface area (Å²) in [6, 6.07) is 8.45. The highest BCUT2D eigenvalue weighted by Crippen LogP contribution is 2.30. The zero-order chi connectivity index (χ0) is 12.8. The number of hydrogen-bond donors (Lipinski definition) is 0. The molecule has 1 nitrogen and oxygen atoms in total. The van der Waals surface area contributed by atoms with E-state index in [1.807, 2.05) is 0 Å². The van der Waals surface area contributed by atoms with Gasteiger partial charge in [-0.05, 0) is 36.5 Å². The maximum atomic E-state index is 5.18. The van der Waals surface area contributed by atoms with Crippen molar-refractivity contribution in [2.75, 3.05) is 7.11 Å². The van der Waals surface area contributed by atoms with Gasteiger partial charge in [0, 0.05) is 4.83 Å². The van der Waals surface area contributed by atoms with Gasteiger partial charge in [-0.25, -0.2) is 0 Å². The van der Waals surface area contributed by atoms with Crippen LogP contribution >= 0.6 is 15.9 Å². The van der Waals surface area contributed by atoms with E-state index in [4.69, 9.17) is 4.74 Å².